The average Bonchev–Trinajstić information content (AvgIpc) is 2.18. The molecule has 0 heterocycles. The first kappa shape index (κ1) is 13.9. The molecule has 0 fully saturated rings. The number of rotatable bonds is 8. The van der Waals surface area contributed by atoms with Gasteiger partial charge in [0.15, 0.2) is 0 Å². The van der Waals surface area contributed by atoms with Crippen LogP contribution in [0.25, 0.3) is 0 Å². The molecule has 0 aliphatic carbocycles. The standard InChI is InChI=1S/C12H26O2/c1-4-11(7-6-10(3)14)8-12(5-2)9-13/h10-14H,4-9H2,1-3H3. The highest BCUT2D eigenvalue weighted by molar-refractivity contribution is 4.65. The second-order valence-electron chi connectivity index (χ2n) is 4.39. The molecule has 0 radical (unpaired) electrons. The topological polar surface area (TPSA) is 40.5 Å². The summed E-state index contributed by atoms with van der Waals surface area (Å²) in [6.45, 7) is 6.47. The molecule has 0 rings (SSSR count). The molecule has 2 nitrogen and oxygen atoms in total. The van der Waals surface area contributed by atoms with Gasteiger partial charge in [-0.3, -0.25) is 0 Å². The van der Waals surface area contributed by atoms with Gasteiger partial charge in [0.25, 0.3) is 0 Å². The minimum atomic E-state index is -0.182. The Labute approximate surface area is 88.3 Å². The van der Waals surface area contributed by atoms with Crippen LogP contribution in [0.1, 0.15) is 52.9 Å². The number of aliphatic hydroxyl groups excluding tert-OH is 2. The van der Waals surface area contributed by atoms with E-state index in [2.05, 4.69) is 13.8 Å². The highest BCUT2D eigenvalue weighted by atomic mass is 16.3. The number of hydrogen-bond donors (Lipinski definition) is 2. The third-order valence-corrected chi connectivity index (χ3v) is 3.07. The Kier molecular flexibility index (Phi) is 8.20. The molecule has 3 unspecified atom stereocenters. The normalized spacial score (nSPS) is 17.8. The van der Waals surface area contributed by atoms with Crippen molar-refractivity contribution in [3.8, 4) is 0 Å². The Balaban J connectivity index is 3.76. The number of hydrogen-bond acceptors (Lipinski definition) is 2. The molecule has 3 atom stereocenters. The molecule has 0 aromatic rings. The van der Waals surface area contributed by atoms with Gasteiger partial charge in [0.1, 0.15) is 0 Å². The minimum absolute atomic E-state index is 0.182. The molecule has 0 spiro atoms. The lowest BCUT2D eigenvalue weighted by Gasteiger charge is -2.20. The summed E-state index contributed by atoms with van der Waals surface area (Å²) in [5, 5.41) is 18.3. The van der Waals surface area contributed by atoms with Crippen LogP contribution in [0.4, 0.5) is 0 Å². The van der Waals surface area contributed by atoms with Crippen molar-refractivity contribution in [3.05, 3.63) is 0 Å². The summed E-state index contributed by atoms with van der Waals surface area (Å²) >= 11 is 0. The molecule has 0 bridgehead atoms. The summed E-state index contributed by atoms with van der Waals surface area (Å²) in [5.41, 5.74) is 0. The molecular weight excluding hydrogens is 176 g/mol. The molecule has 0 aromatic heterocycles. The molecule has 0 aliphatic rings. The first-order valence-electron chi connectivity index (χ1n) is 5.92. The molecule has 14 heavy (non-hydrogen) atoms. The summed E-state index contributed by atoms with van der Waals surface area (Å²) in [6.07, 6.45) is 5.12. The van der Waals surface area contributed by atoms with Gasteiger partial charge in [-0.1, -0.05) is 26.7 Å². The van der Waals surface area contributed by atoms with Crippen molar-refractivity contribution in [2.75, 3.05) is 6.61 Å². The zero-order valence-electron chi connectivity index (χ0n) is 9.87. The maximum Gasteiger partial charge on any atom is 0.0512 e. The van der Waals surface area contributed by atoms with Crippen molar-refractivity contribution in [1.82, 2.24) is 0 Å². The van der Waals surface area contributed by atoms with E-state index in [0.717, 1.165) is 32.1 Å². The Hall–Kier alpha value is -0.0800. The molecule has 0 saturated carbocycles. The van der Waals surface area contributed by atoms with E-state index < -0.39 is 0 Å². The van der Waals surface area contributed by atoms with Crippen molar-refractivity contribution in [1.29, 1.82) is 0 Å². The monoisotopic (exact) mass is 202 g/mol. The second-order valence-corrected chi connectivity index (χ2v) is 4.39. The van der Waals surface area contributed by atoms with E-state index in [1.54, 1.807) is 0 Å². The van der Waals surface area contributed by atoms with Crippen LogP contribution in [0, 0.1) is 11.8 Å². The summed E-state index contributed by atoms with van der Waals surface area (Å²) in [6, 6.07) is 0. The molecule has 0 aromatic carbocycles. The molecule has 2 heteroatoms. The van der Waals surface area contributed by atoms with Gasteiger partial charge in [-0.05, 0) is 38.0 Å². The van der Waals surface area contributed by atoms with Crippen LogP contribution >= 0.6 is 0 Å². The maximum atomic E-state index is 9.20. The van der Waals surface area contributed by atoms with E-state index >= 15 is 0 Å². The van der Waals surface area contributed by atoms with Crippen LogP contribution in [-0.4, -0.2) is 22.9 Å². The van der Waals surface area contributed by atoms with Crippen molar-refractivity contribution in [3.63, 3.8) is 0 Å². The van der Waals surface area contributed by atoms with E-state index in [4.69, 9.17) is 5.11 Å². The quantitative estimate of drug-likeness (QED) is 0.635. The van der Waals surface area contributed by atoms with Crippen molar-refractivity contribution < 1.29 is 10.2 Å². The van der Waals surface area contributed by atoms with Gasteiger partial charge in [-0.2, -0.15) is 0 Å². The summed E-state index contributed by atoms with van der Waals surface area (Å²) < 4.78 is 0. The first-order chi connectivity index (χ1) is 6.63. The van der Waals surface area contributed by atoms with E-state index in [1.807, 2.05) is 6.92 Å². The molecule has 0 aliphatic heterocycles. The van der Waals surface area contributed by atoms with Gasteiger partial charge in [0.05, 0.1) is 6.10 Å². The van der Waals surface area contributed by atoms with Crippen molar-refractivity contribution in [2.24, 2.45) is 11.8 Å². The SMILES string of the molecule is CCC(CO)CC(CC)CCC(C)O. The van der Waals surface area contributed by atoms with Gasteiger partial charge in [-0.15, -0.1) is 0 Å². The van der Waals surface area contributed by atoms with Crippen LogP contribution < -0.4 is 0 Å². The van der Waals surface area contributed by atoms with Crippen LogP contribution in [0.2, 0.25) is 0 Å². The Morgan fingerprint density at radius 2 is 1.57 bits per heavy atom. The Morgan fingerprint density at radius 3 is 1.93 bits per heavy atom. The lowest BCUT2D eigenvalue weighted by molar-refractivity contribution is 0.157. The van der Waals surface area contributed by atoms with E-state index in [9.17, 15) is 5.11 Å². The van der Waals surface area contributed by atoms with Crippen LogP contribution in [0.3, 0.4) is 0 Å². The number of aliphatic hydroxyl groups is 2. The van der Waals surface area contributed by atoms with Crippen LogP contribution in [0.5, 0.6) is 0 Å². The molecule has 0 saturated heterocycles. The van der Waals surface area contributed by atoms with Crippen LogP contribution in [0.15, 0.2) is 0 Å². The van der Waals surface area contributed by atoms with Gasteiger partial charge >= 0.3 is 0 Å². The van der Waals surface area contributed by atoms with Gasteiger partial charge < -0.3 is 10.2 Å². The second kappa shape index (κ2) is 8.25. The van der Waals surface area contributed by atoms with E-state index in [0.29, 0.717) is 18.4 Å². The largest absolute Gasteiger partial charge is 0.396 e. The van der Waals surface area contributed by atoms with E-state index in [-0.39, 0.29) is 6.10 Å². The minimum Gasteiger partial charge on any atom is -0.396 e. The Morgan fingerprint density at radius 1 is 1.00 bits per heavy atom. The predicted octanol–water partition coefficient (Wildman–Crippen LogP) is 2.58. The van der Waals surface area contributed by atoms with Gasteiger partial charge in [-0.25, -0.2) is 0 Å². The molecule has 86 valence electrons. The zero-order chi connectivity index (χ0) is 11.0. The summed E-state index contributed by atoms with van der Waals surface area (Å²) in [5.74, 6) is 1.12. The smallest absolute Gasteiger partial charge is 0.0512 e. The van der Waals surface area contributed by atoms with Gasteiger partial charge in [0, 0.05) is 6.61 Å². The fourth-order valence-electron chi connectivity index (χ4n) is 1.81. The van der Waals surface area contributed by atoms with Crippen molar-refractivity contribution >= 4 is 0 Å². The third-order valence-electron chi connectivity index (χ3n) is 3.07. The summed E-state index contributed by atoms with van der Waals surface area (Å²) in [4.78, 5) is 0. The molecule has 2 N–H and O–H groups in total. The third kappa shape index (κ3) is 6.39. The highest BCUT2D eigenvalue weighted by Gasteiger charge is 2.13. The lowest BCUT2D eigenvalue weighted by Crippen LogP contribution is -2.13. The molecule has 0 amide bonds. The Bertz CT molecular complexity index is 119. The summed E-state index contributed by atoms with van der Waals surface area (Å²) in [7, 11) is 0. The fourth-order valence-corrected chi connectivity index (χ4v) is 1.81. The van der Waals surface area contributed by atoms with Crippen LogP contribution in [-0.2, 0) is 0 Å². The zero-order valence-corrected chi connectivity index (χ0v) is 9.87. The lowest BCUT2D eigenvalue weighted by atomic mass is 9.87. The van der Waals surface area contributed by atoms with E-state index in [1.165, 1.54) is 0 Å². The fraction of sp³-hybridized carbons (Fsp3) is 1.00. The van der Waals surface area contributed by atoms with Gasteiger partial charge in [0.2, 0.25) is 0 Å². The average molecular weight is 202 g/mol. The first-order valence-corrected chi connectivity index (χ1v) is 5.92. The predicted molar refractivity (Wildman–Crippen MR) is 60.2 cm³/mol. The maximum absolute atomic E-state index is 9.20. The molecular formula is C12H26O2. The highest BCUT2D eigenvalue weighted by Crippen LogP contribution is 2.23. The van der Waals surface area contributed by atoms with Crippen molar-refractivity contribution in [2.45, 2.75) is 59.0 Å².